The van der Waals surface area contributed by atoms with Gasteiger partial charge in [0.2, 0.25) is 0 Å². The number of hydrogen-bond acceptors (Lipinski definition) is 4. The van der Waals surface area contributed by atoms with Crippen molar-refractivity contribution in [1.82, 2.24) is 20.1 Å². The number of amides is 2. The highest BCUT2D eigenvalue weighted by molar-refractivity contribution is 5.91. The molecule has 0 saturated carbocycles. The molecule has 2 amide bonds. The molecular weight excluding hydrogens is 366 g/mol. The number of nitrogens with one attached hydrogen (secondary N) is 2. The van der Waals surface area contributed by atoms with Gasteiger partial charge in [0.1, 0.15) is 11.6 Å². The minimum absolute atomic E-state index is 0.0952. The second-order valence-corrected chi connectivity index (χ2v) is 7.14. The molecular formula is C22H25N5O2. The Morgan fingerprint density at radius 1 is 1.21 bits per heavy atom. The van der Waals surface area contributed by atoms with Crippen molar-refractivity contribution in [2.45, 2.75) is 19.8 Å². The van der Waals surface area contributed by atoms with Gasteiger partial charge in [-0.15, -0.1) is 0 Å². The first-order valence-electron chi connectivity index (χ1n) is 9.97. The lowest BCUT2D eigenvalue weighted by molar-refractivity contribution is 0.220. The average Bonchev–Trinajstić information content (AvgIpc) is 3.41. The fourth-order valence-corrected chi connectivity index (χ4v) is 3.61. The molecule has 0 radical (unpaired) electrons. The maximum atomic E-state index is 12.7. The van der Waals surface area contributed by atoms with E-state index in [1.165, 1.54) is 0 Å². The third-order valence-corrected chi connectivity index (χ3v) is 5.05. The number of benzene rings is 2. The Bertz CT molecular complexity index is 957. The molecule has 7 heteroatoms. The van der Waals surface area contributed by atoms with Gasteiger partial charge >= 0.3 is 6.03 Å². The van der Waals surface area contributed by atoms with E-state index in [1.54, 1.807) is 0 Å². The van der Waals surface area contributed by atoms with Gasteiger partial charge in [0.05, 0.1) is 12.3 Å². The third kappa shape index (κ3) is 4.56. The van der Waals surface area contributed by atoms with E-state index in [0.717, 1.165) is 30.8 Å². The van der Waals surface area contributed by atoms with Crippen LogP contribution in [0.2, 0.25) is 0 Å². The first-order valence-corrected chi connectivity index (χ1v) is 9.97. The lowest BCUT2D eigenvalue weighted by Gasteiger charge is -2.18. The summed E-state index contributed by atoms with van der Waals surface area (Å²) in [7, 11) is 0. The van der Waals surface area contributed by atoms with Gasteiger partial charge in [-0.25, -0.2) is 9.78 Å². The molecule has 1 atom stereocenters. The topological polar surface area (TPSA) is 83.1 Å². The summed E-state index contributed by atoms with van der Waals surface area (Å²) in [5.74, 6) is 2.62. The van der Waals surface area contributed by atoms with Gasteiger partial charge in [0.15, 0.2) is 5.82 Å². The molecule has 2 heterocycles. The summed E-state index contributed by atoms with van der Waals surface area (Å²) in [5.41, 5.74) is 1.70. The minimum Gasteiger partial charge on any atom is -0.492 e. The molecule has 0 spiro atoms. The Balaban J connectivity index is 1.34. The van der Waals surface area contributed by atoms with E-state index in [9.17, 15) is 4.79 Å². The van der Waals surface area contributed by atoms with Crippen molar-refractivity contribution in [2.75, 3.05) is 25.0 Å². The molecule has 4 rings (SSSR count). The first kappa shape index (κ1) is 19.0. The van der Waals surface area contributed by atoms with Crippen LogP contribution >= 0.6 is 0 Å². The molecule has 2 aromatic carbocycles. The molecule has 1 aliphatic heterocycles. The summed E-state index contributed by atoms with van der Waals surface area (Å²) in [6, 6.07) is 17.3. The van der Waals surface area contributed by atoms with Crippen LogP contribution in [0.3, 0.4) is 0 Å². The molecule has 2 N–H and O–H groups in total. The van der Waals surface area contributed by atoms with Crippen LogP contribution in [0.15, 0.2) is 54.6 Å². The zero-order valence-corrected chi connectivity index (χ0v) is 16.5. The van der Waals surface area contributed by atoms with Crippen LogP contribution in [-0.4, -0.2) is 45.8 Å². The number of carbonyl (C=O) groups excluding carboxylic acids is 1. The second-order valence-electron chi connectivity index (χ2n) is 7.14. The zero-order valence-electron chi connectivity index (χ0n) is 16.5. The Morgan fingerprint density at radius 2 is 2.00 bits per heavy atom. The number of carbonyl (C=O) groups is 1. The maximum absolute atomic E-state index is 12.7. The predicted octanol–water partition coefficient (Wildman–Crippen LogP) is 3.97. The predicted molar refractivity (Wildman–Crippen MR) is 112 cm³/mol. The molecule has 1 aromatic heterocycles. The van der Waals surface area contributed by atoms with E-state index in [-0.39, 0.29) is 6.03 Å². The van der Waals surface area contributed by atoms with Gasteiger partial charge in [-0.2, -0.15) is 5.10 Å². The van der Waals surface area contributed by atoms with E-state index in [0.29, 0.717) is 36.3 Å². The molecule has 3 aromatic rings. The number of urea groups is 1. The number of anilines is 1. The Labute approximate surface area is 170 Å². The lowest BCUT2D eigenvalue weighted by Crippen LogP contribution is -2.33. The standard InChI is InChI=1S/C22H25N5O2/c1-2-29-19-11-7-6-10-18(19)23-22(28)27-13-12-16(15-27)14-20-24-21(26-25-20)17-8-4-3-5-9-17/h3-11,16H,2,12-15H2,1H3,(H,23,28)(H,24,25,26). The number of hydrogen-bond donors (Lipinski definition) is 2. The zero-order chi connectivity index (χ0) is 20.1. The smallest absolute Gasteiger partial charge is 0.321 e. The molecule has 0 bridgehead atoms. The maximum Gasteiger partial charge on any atom is 0.321 e. The molecule has 0 aliphatic carbocycles. The summed E-state index contributed by atoms with van der Waals surface area (Å²) in [6.07, 6.45) is 1.72. The van der Waals surface area contributed by atoms with Gasteiger partial charge in [-0.3, -0.25) is 5.10 Å². The normalized spacial score (nSPS) is 16.0. The highest BCUT2D eigenvalue weighted by Crippen LogP contribution is 2.26. The van der Waals surface area contributed by atoms with Crippen LogP contribution in [0.5, 0.6) is 5.75 Å². The fourth-order valence-electron chi connectivity index (χ4n) is 3.61. The van der Waals surface area contributed by atoms with E-state index >= 15 is 0 Å². The summed E-state index contributed by atoms with van der Waals surface area (Å²) < 4.78 is 5.59. The fraction of sp³-hybridized carbons (Fsp3) is 0.318. The molecule has 1 saturated heterocycles. The molecule has 29 heavy (non-hydrogen) atoms. The van der Waals surface area contributed by atoms with Crippen molar-refractivity contribution in [1.29, 1.82) is 0 Å². The largest absolute Gasteiger partial charge is 0.492 e. The third-order valence-electron chi connectivity index (χ3n) is 5.05. The van der Waals surface area contributed by atoms with Gasteiger partial charge in [-0.05, 0) is 31.4 Å². The lowest BCUT2D eigenvalue weighted by atomic mass is 10.1. The van der Waals surface area contributed by atoms with Crippen LogP contribution < -0.4 is 10.1 Å². The van der Waals surface area contributed by atoms with Crippen molar-refractivity contribution in [3.63, 3.8) is 0 Å². The van der Waals surface area contributed by atoms with Crippen LogP contribution in [0.1, 0.15) is 19.2 Å². The summed E-state index contributed by atoms with van der Waals surface area (Å²) in [6.45, 7) is 3.91. The number of H-pyrrole nitrogens is 1. The number of nitrogens with zero attached hydrogens (tertiary/aromatic N) is 3. The van der Waals surface area contributed by atoms with Crippen molar-refractivity contribution in [2.24, 2.45) is 5.92 Å². The monoisotopic (exact) mass is 391 g/mol. The van der Waals surface area contributed by atoms with Crippen LogP contribution in [0, 0.1) is 5.92 Å². The van der Waals surface area contributed by atoms with Crippen molar-refractivity contribution < 1.29 is 9.53 Å². The van der Waals surface area contributed by atoms with Crippen molar-refractivity contribution >= 4 is 11.7 Å². The van der Waals surface area contributed by atoms with Crippen LogP contribution in [-0.2, 0) is 6.42 Å². The average molecular weight is 391 g/mol. The van der Waals surface area contributed by atoms with Gasteiger partial charge in [0.25, 0.3) is 0 Å². The highest BCUT2D eigenvalue weighted by Gasteiger charge is 2.27. The number of ether oxygens (including phenoxy) is 1. The van der Waals surface area contributed by atoms with Crippen LogP contribution in [0.25, 0.3) is 11.4 Å². The van der Waals surface area contributed by atoms with Gasteiger partial charge in [0, 0.05) is 25.1 Å². The number of aromatic amines is 1. The summed E-state index contributed by atoms with van der Waals surface area (Å²) in [5, 5.41) is 10.3. The van der Waals surface area contributed by atoms with E-state index in [4.69, 9.17) is 4.74 Å². The number of aromatic nitrogens is 3. The molecule has 7 nitrogen and oxygen atoms in total. The number of likely N-dealkylation sites (tertiary alicyclic amines) is 1. The highest BCUT2D eigenvalue weighted by atomic mass is 16.5. The quantitative estimate of drug-likeness (QED) is 0.666. The second kappa shape index (κ2) is 8.77. The first-order chi connectivity index (χ1) is 14.2. The Kier molecular flexibility index (Phi) is 5.74. The molecule has 150 valence electrons. The molecule has 1 aliphatic rings. The summed E-state index contributed by atoms with van der Waals surface area (Å²) >= 11 is 0. The van der Waals surface area contributed by atoms with E-state index in [2.05, 4.69) is 20.5 Å². The van der Waals surface area contributed by atoms with Crippen molar-refractivity contribution in [3.8, 4) is 17.1 Å². The number of rotatable bonds is 6. The van der Waals surface area contributed by atoms with Gasteiger partial charge < -0.3 is 15.0 Å². The molecule has 1 fully saturated rings. The van der Waals surface area contributed by atoms with E-state index in [1.807, 2.05) is 66.4 Å². The van der Waals surface area contributed by atoms with E-state index < -0.39 is 0 Å². The number of para-hydroxylation sites is 2. The minimum atomic E-state index is -0.0952. The van der Waals surface area contributed by atoms with Crippen molar-refractivity contribution in [3.05, 3.63) is 60.4 Å². The summed E-state index contributed by atoms with van der Waals surface area (Å²) in [4.78, 5) is 19.1. The SMILES string of the molecule is CCOc1ccccc1NC(=O)N1CCC(Cc2nc(-c3ccccc3)n[nH]2)C1. The van der Waals surface area contributed by atoms with Crippen LogP contribution in [0.4, 0.5) is 10.5 Å². The Hall–Kier alpha value is -3.35. The molecule has 1 unspecified atom stereocenters. The Morgan fingerprint density at radius 3 is 2.83 bits per heavy atom. The van der Waals surface area contributed by atoms with Gasteiger partial charge in [-0.1, -0.05) is 42.5 Å².